The van der Waals surface area contributed by atoms with Crippen LogP contribution in [0.2, 0.25) is 0 Å². The quantitative estimate of drug-likeness (QED) is 0.801. The van der Waals surface area contributed by atoms with Gasteiger partial charge in [-0.2, -0.15) is 0 Å². The average Bonchev–Trinajstić information content (AvgIpc) is 2.80. The van der Waals surface area contributed by atoms with Crippen LogP contribution in [0, 0.1) is 0 Å². The summed E-state index contributed by atoms with van der Waals surface area (Å²) in [5.74, 6) is 0. The molecule has 0 N–H and O–H groups in total. The number of nitrogens with zero attached hydrogens (tertiary/aromatic N) is 2. The Kier molecular flexibility index (Phi) is 4.17. The number of rotatable bonds is 3. The molecule has 0 bridgehead atoms. The van der Waals surface area contributed by atoms with E-state index >= 15 is 0 Å². The Balaban J connectivity index is 1.73. The lowest BCUT2D eigenvalue weighted by atomic mass is 10.2. The minimum absolute atomic E-state index is 0.290. The fourth-order valence-electron chi connectivity index (χ4n) is 2.53. The van der Waals surface area contributed by atoms with Gasteiger partial charge in [-0.25, -0.2) is 4.98 Å². The molecule has 2 heterocycles. The van der Waals surface area contributed by atoms with E-state index in [0.29, 0.717) is 6.10 Å². The number of hydrogen-bond acceptors (Lipinski definition) is 4. The molecule has 3 rings (SSSR count). The minimum atomic E-state index is 0.290. The van der Waals surface area contributed by atoms with Gasteiger partial charge in [-0.05, 0) is 19.1 Å². The standard InChI is InChI=1S/C14H17BrN2OS/c1-10-7-17(8-11(6-15)18-10)9-14-16-12-4-2-3-5-13(12)19-14/h2-5,10-11H,6-9H2,1H3. The number of para-hydroxylation sites is 1. The molecule has 0 saturated carbocycles. The highest BCUT2D eigenvalue weighted by atomic mass is 79.9. The van der Waals surface area contributed by atoms with Crippen molar-refractivity contribution in [3.05, 3.63) is 29.3 Å². The van der Waals surface area contributed by atoms with Gasteiger partial charge >= 0.3 is 0 Å². The van der Waals surface area contributed by atoms with Crippen molar-refractivity contribution in [2.75, 3.05) is 18.4 Å². The van der Waals surface area contributed by atoms with Crippen molar-refractivity contribution in [1.29, 1.82) is 0 Å². The Morgan fingerprint density at radius 1 is 1.42 bits per heavy atom. The maximum atomic E-state index is 5.86. The normalized spacial score (nSPS) is 24.9. The van der Waals surface area contributed by atoms with E-state index in [4.69, 9.17) is 9.72 Å². The van der Waals surface area contributed by atoms with E-state index in [-0.39, 0.29) is 6.10 Å². The molecule has 2 atom stereocenters. The number of fused-ring (bicyclic) bond motifs is 1. The van der Waals surface area contributed by atoms with E-state index in [9.17, 15) is 0 Å². The minimum Gasteiger partial charge on any atom is -0.372 e. The second kappa shape index (κ2) is 5.87. The number of aromatic nitrogens is 1. The third-order valence-electron chi connectivity index (χ3n) is 3.27. The van der Waals surface area contributed by atoms with Crippen LogP contribution in [-0.4, -0.2) is 40.5 Å². The average molecular weight is 341 g/mol. The van der Waals surface area contributed by atoms with E-state index < -0.39 is 0 Å². The summed E-state index contributed by atoms with van der Waals surface area (Å²) in [5, 5.41) is 2.09. The van der Waals surface area contributed by atoms with Gasteiger partial charge in [-0.1, -0.05) is 28.1 Å². The zero-order valence-electron chi connectivity index (χ0n) is 10.9. The van der Waals surface area contributed by atoms with Crippen molar-refractivity contribution in [3.63, 3.8) is 0 Å². The van der Waals surface area contributed by atoms with E-state index in [1.807, 2.05) is 6.07 Å². The molecule has 1 fully saturated rings. The summed E-state index contributed by atoms with van der Waals surface area (Å²) < 4.78 is 7.13. The van der Waals surface area contributed by atoms with Crippen LogP contribution in [0.4, 0.5) is 0 Å². The molecule has 1 aliphatic heterocycles. The van der Waals surface area contributed by atoms with Crippen LogP contribution in [0.5, 0.6) is 0 Å². The lowest BCUT2D eigenvalue weighted by Crippen LogP contribution is -2.46. The van der Waals surface area contributed by atoms with Crippen molar-refractivity contribution in [2.24, 2.45) is 0 Å². The van der Waals surface area contributed by atoms with Crippen LogP contribution in [0.1, 0.15) is 11.9 Å². The van der Waals surface area contributed by atoms with Gasteiger partial charge in [0.15, 0.2) is 0 Å². The number of morpholine rings is 1. The summed E-state index contributed by atoms with van der Waals surface area (Å²) in [6.45, 7) is 5.03. The molecule has 0 amide bonds. The monoisotopic (exact) mass is 340 g/mol. The molecule has 2 unspecified atom stereocenters. The Morgan fingerprint density at radius 2 is 2.26 bits per heavy atom. The van der Waals surface area contributed by atoms with Crippen LogP contribution in [-0.2, 0) is 11.3 Å². The number of benzene rings is 1. The second-order valence-electron chi connectivity index (χ2n) is 4.99. The fraction of sp³-hybridized carbons (Fsp3) is 0.500. The number of halogens is 1. The molecule has 1 aromatic carbocycles. The third-order valence-corrected chi connectivity index (χ3v) is 5.01. The first kappa shape index (κ1) is 13.5. The van der Waals surface area contributed by atoms with Gasteiger partial charge in [0.1, 0.15) is 5.01 Å². The summed E-state index contributed by atoms with van der Waals surface area (Å²) >= 11 is 5.31. The number of alkyl halides is 1. The maximum absolute atomic E-state index is 5.86. The van der Waals surface area contributed by atoms with E-state index in [1.54, 1.807) is 11.3 Å². The van der Waals surface area contributed by atoms with Gasteiger partial charge in [0.25, 0.3) is 0 Å². The van der Waals surface area contributed by atoms with Gasteiger partial charge in [0.2, 0.25) is 0 Å². The van der Waals surface area contributed by atoms with E-state index in [2.05, 4.69) is 46.0 Å². The lowest BCUT2D eigenvalue weighted by molar-refractivity contribution is -0.0677. The first-order valence-electron chi connectivity index (χ1n) is 6.53. The molecule has 1 aromatic heterocycles. The van der Waals surface area contributed by atoms with Crippen molar-refractivity contribution in [3.8, 4) is 0 Å². The van der Waals surface area contributed by atoms with Crippen molar-refractivity contribution < 1.29 is 4.74 Å². The summed E-state index contributed by atoms with van der Waals surface area (Å²) in [6, 6.07) is 8.34. The first-order chi connectivity index (χ1) is 9.24. The zero-order chi connectivity index (χ0) is 13.2. The first-order valence-corrected chi connectivity index (χ1v) is 8.46. The molecule has 0 aliphatic carbocycles. The number of ether oxygens (including phenoxy) is 1. The third kappa shape index (κ3) is 3.16. The molecule has 1 saturated heterocycles. The molecule has 0 radical (unpaired) electrons. The van der Waals surface area contributed by atoms with Gasteiger partial charge in [-0.3, -0.25) is 4.90 Å². The molecule has 0 spiro atoms. The molecule has 19 heavy (non-hydrogen) atoms. The predicted molar refractivity (Wildman–Crippen MR) is 83.0 cm³/mol. The molecular weight excluding hydrogens is 324 g/mol. The summed E-state index contributed by atoms with van der Waals surface area (Å²) in [5.41, 5.74) is 1.11. The van der Waals surface area contributed by atoms with Gasteiger partial charge in [-0.15, -0.1) is 11.3 Å². The predicted octanol–water partition coefficient (Wildman–Crippen LogP) is 3.28. The largest absolute Gasteiger partial charge is 0.372 e. The van der Waals surface area contributed by atoms with Crippen molar-refractivity contribution in [2.45, 2.75) is 25.7 Å². The van der Waals surface area contributed by atoms with E-state index in [0.717, 1.165) is 30.5 Å². The Labute approximate surface area is 125 Å². The van der Waals surface area contributed by atoms with Crippen LogP contribution in [0.25, 0.3) is 10.2 Å². The van der Waals surface area contributed by atoms with Crippen molar-refractivity contribution >= 4 is 37.5 Å². The highest BCUT2D eigenvalue weighted by Gasteiger charge is 2.25. The highest BCUT2D eigenvalue weighted by Crippen LogP contribution is 2.24. The van der Waals surface area contributed by atoms with E-state index in [1.165, 1.54) is 9.71 Å². The lowest BCUT2D eigenvalue weighted by Gasteiger charge is -2.35. The molecule has 102 valence electrons. The number of thiazole rings is 1. The highest BCUT2D eigenvalue weighted by molar-refractivity contribution is 9.09. The summed E-state index contributed by atoms with van der Waals surface area (Å²) in [4.78, 5) is 7.15. The molecule has 2 aromatic rings. The summed E-state index contributed by atoms with van der Waals surface area (Å²) in [6.07, 6.45) is 0.587. The van der Waals surface area contributed by atoms with Gasteiger partial charge in [0, 0.05) is 18.4 Å². The summed E-state index contributed by atoms with van der Waals surface area (Å²) in [7, 11) is 0. The fourth-order valence-corrected chi connectivity index (χ4v) is 3.90. The SMILES string of the molecule is CC1CN(Cc2nc3ccccc3s2)CC(CBr)O1. The molecule has 1 aliphatic rings. The molecule has 5 heteroatoms. The zero-order valence-corrected chi connectivity index (χ0v) is 13.3. The van der Waals surface area contributed by atoms with Gasteiger partial charge < -0.3 is 4.74 Å². The van der Waals surface area contributed by atoms with Crippen LogP contribution in [0.15, 0.2) is 24.3 Å². The topological polar surface area (TPSA) is 25.4 Å². The smallest absolute Gasteiger partial charge is 0.108 e. The number of hydrogen-bond donors (Lipinski definition) is 0. The Bertz CT molecular complexity index is 526. The molecular formula is C14H17BrN2OS. The second-order valence-corrected chi connectivity index (χ2v) is 6.76. The van der Waals surface area contributed by atoms with Crippen LogP contribution in [0.3, 0.4) is 0 Å². The Hall–Kier alpha value is -0.490. The Morgan fingerprint density at radius 3 is 3.05 bits per heavy atom. The van der Waals surface area contributed by atoms with Gasteiger partial charge in [0.05, 0.1) is 29.0 Å². The van der Waals surface area contributed by atoms with Crippen LogP contribution >= 0.6 is 27.3 Å². The van der Waals surface area contributed by atoms with Crippen molar-refractivity contribution in [1.82, 2.24) is 9.88 Å². The van der Waals surface area contributed by atoms with Crippen LogP contribution < -0.4 is 0 Å². The molecule has 3 nitrogen and oxygen atoms in total. The maximum Gasteiger partial charge on any atom is 0.108 e.